The van der Waals surface area contributed by atoms with Gasteiger partial charge in [0.1, 0.15) is 11.6 Å². The monoisotopic (exact) mass is 994 g/mol. The van der Waals surface area contributed by atoms with E-state index >= 15 is 0 Å². The predicted octanol–water partition coefficient (Wildman–Crippen LogP) is 6.46. The van der Waals surface area contributed by atoms with Gasteiger partial charge in [0.05, 0.1) is 68.3 Å². The van der Waals surface area contributed by atoms with Gasteiger partial charge in [-0.2, -0.15) is 0 Å². The smallest absolute Gasteiger partial charge is 0.254 e. The fourth-order valence-corrected chi connectivity index (χ4v) is 7.74. The first kappa shape index (κ1) is 53.2. The van der Waals surface area contributed by atoms with E-state index in [1.54, 1.807) is 53.7 Å². The Morgan fingerprint density at radius 2 is 1.61 bits per heavy atom. The van der Waals surface area contributed by atoms with Gasteiger partial charge in [-0.1, -0.05) is 42.8 Å². The third-order valence-corrected chi connectivity index (χ3v) is 11.4. The van der Waals surface area contributed by atoms with Crippen molar-refractivity contribution in [1.29, 1.82) is 0 Å². The van der Waals surface area contributed by atoms with Crippen LogP contribution >= 0.6 is 11.6 Å². The van der Waals surface area contributed by atoms with Crippen molar-refractivity contribution >= 4 is 65.0 Å². The molecule has 5 aromatic rings. The normalized spacial score (nSPS) is 13.5. The van der Waals surface area contributed by atoms with Gasteiger partial charge in [0.2, 0.25) is 24.7 Å². The molecular formula is C51H57ClF2N10O7. The van der Waals surface area contributed by atoms with Crippen molar-refractivity contribution in [3.05, 3.63) is 141 Å². The number of carbonyl (C=O) groups is 4. The highest BCUT2D eigenvalue weighted by Crippen LogP contribution is 2.35. The highest BCUT2D eigenvalue weighted by molar-refractivity contribution is 6.31. The molecular weight excluding hydrogens is 938 g/mol. The molecule has 71 heavy (non-hydrogen) atoms. The zero-order chi connectivity index (χ0) is 50.7. The minimum Gasteiger partial charge on any atom is -0.397 e. The fourth-order valence-electron chi connectivity index (χ4n) is 7.57. The molecule has 4 amide bonds. The molecule has 20 heteroatoms. The molecule has 8 N–H and O–H groups in total. The van der Waals surface area contributed by atoms with Crippen LogP contribution in [-0.2, 0) is 41.7 Å². The van der Waals surface area contributed by atoms with Crippen LogP contribution < -0.4 is 32.7 Å². The highest BCUT2D eigenvalue weighted by atomic mass is 35.5. The maximum atomic E-state index is 14.8. The summed E-state index contributed by atoms with van der Waals surface area (Å²) in [5.74, 6) is -1.53. The minimum atomic E-state index is -0.712. The molecule has 7 rings (SSSR count). The second kappa shape index (κ2) is 26.7. The second-order valence-electron chi connectivity index (χ2n) is 16.4. The summed E-state index contributed by atoms with van der Waals surface area (Å²) in [6.07, 6.45) is 5.95. The zero-order valence-corrected chi connectivity index (χ0v) is 40.1. The lowest BCUT2D eigenvalue weighted by Crippen LogP contribution is -2.34. The zero-order valence-electron chi connectivity index (χ0n) is 39.4. The van der Waals surface area contributed by atoms with Crippen LogP contribution in [0.3, 0.4) is 0 Å². The Balaban J connectivity index is 0.000000313. The predicted molar refractivity (Wildman–Crippen MR) is 268 cm³/mol. The number of rotatable bonds is 24. The largest absolute Gasteiger partial charge is 0.397 e. The number of amides is 4. The molecule has 0 saturated carbocycles. The van der Waals surface area contributed by atoms with E-state index in [-0.39, 0.29) is 48.1 Å². The third-order valence-electron chi connectivity index (χ3n) is 11.2. The number of nitrogens with two attached hydrogens (primary N) is 2. The maximum absolute atomic E-state index is 14.8. The van der Waals surface area contributed by atoms with Crippen molar-refractivity contribution in [2.24, 2.45) is 16.5 Å². The van der Waals surface area contributed by atoms with Gasteiger partial charge in [0, 0.05) is 83.2 Å². The van der Waals surface area contributed by atoms with E-state index in [1.165, 1.54) is 18.2 Å². The summed E-state index contributed by atoms with van der Waals surface area (Å²) in [6.45, 7) is 8.12. The second-order valence-corrected chi connectivity index (χ2v) is 16.9. The summed E-state index contributed by atoms with van der Waals surface area (Å²) >= 11 is 6.33. The van der Waals surface area contributed by atoms with Crippen LogP contribution in [0.2, 0.25) is 5.02 Å². The number of nitrogens with zero attached hydrogens (tertiary/aromatic N) is 4. The van der Waals surface area contributed by atoms with Crippen LogP contribution in [0.4, 0.5) is 26.1 Å². The number of hydrogen-bond donors (Lipinski definition) is 6. The first-order chi connectivity index (χ1) is 34.4. The number of hydrogen-bond acceptors (Lipinski definition) is 14. The van der Waals surface area contributed by atoms with E-state index in [1.807, 2.05) is 31.2 Å². The van der Waals surface area contributed by atoms with Crippen LogP contribution in [0.15, 0.2) is 96.3 Å². The Kier molecular flexibility index (Phi) is 20.0. The van der Waals surface area contributed by atoms with E-state index in [0.29, 0.717) is 122 Å². The Bertz CT molecular complexity index is 2690. The number of fused-ring (bicyclic) bond motifs is 4. The lowest BCUT2D eigenvalue weighted by molar-refractivity contribution is -0.125. The van der Waals surface area contributed by atoms with Crippen molar-refractivity contribution in [1.82, 2.24) is 25.5 Å². The van der Waals surface area contributed by atoms with E-state index in [9.17, 15) is 28.0 Å². The quantitative estimate of drug-likeness (QED) is 0.0288. The molecule has 2 unspecified atom stereocenters. The van der Waals surface area contributed by atoms with Crippen molar-refractivity contribution in [2.75, 3.05) is 56.8 Å². The number of aromatic nitrogens is 2. The van der Waals surface area contributed by atoms with Gasteiger partial charge in [0.15, 0.2) is 0 Å². The SMILES string of the molecule is CC(CCC(=O)NC=O)N1Cc2cc(NC=O)ccc2C1=O.CCCOCC(N)COCCOCCN/C=C(\N)c1ccc(Nc2ncc3c(n2)-c2ccc(Cl)cc2C(c2c(F)cccc2F)=NC3)cc1. The average molecular weight is 996 g/mol. The van der Waals surface area contributed by atoms with Crippen LogP contribution in [0.25, 0.3) is 17.0 Å². The van der Waals surface area contributed by atoms with Gasteiger partial charge in [-0.3, -0.25) is 29.5 Å². The molecule has 0 fully saturated rings. The molecule has 2 atom stereocenters. The number of halogens is 3. The molecule has 0 saturated heterocycles. The number of imide groups is 1. The van der Waals surface area contributed by atoms with Crippen LogP contribution in [0, 0.1) is 11.6 Å². The van der Waals surface area contributed by atoms with Gasteiger partial charge < -0.3 is 46.5 Å². The van der Waals surface area contributed by atoms with Gasteiger partial charge >= 0.3 is 0 Å². The molecule has 0 spiro atoms. The molecule has 0 radical (unpaired) electrons. The molecule has 1 aromatic heterocycles. The van der Waals surface area contributed by atoms with Crippen molar-refractivity contribution < 1.29 is 42.2 Å². The summed E-state index contributed by atoms with van der Waals surface area (Å²) in [5, 5.41) is 11.4. The average Bonchev–Trinajstić information content (AvgIpc) is 3.60. The molecule has 4 aromatic carbocycles. The van der Waals surface area contributed by atoms with Gasteiger partial charge in [-0.25, -0.2) is 18.7 Å². The molecule has 0 aliphatic carbocycles. The van der Waals surface area contributed by atoms with Gasteiger partial charge in [-0.05, 0) is 85.5 Å². The first-order valence-corrected chi connectivity index (χ1v) is 23.4. The molecule has 2 aliphatic heterocycles. The topological polar surface area (TPSA) is 238 Å². The van der Waals surface area contributed by atoms with Crippen molar-refractivity contribution in [3.8, 4) is 11.3 Å². The number of aliphatic imine (C=N–C) groups is 1. The van der Waals surface area contributed by atoms with Crippen LogP contribution in [-0.4, -0.2) is 103 Å². The number of anilines is 3. The van der Waals surface area contributed by atoms with Crippen LogP contribution in [0.5, 0.6) is 0 Å². The number of ether oxygens (including phenoxy) is 3. The number of nitrogens with one attached hydrogen (secondary N) is 4. The lowest BCUT2D eigenvalue weighted by atomic mass is 9.95. The van der Waals surface area contributed by atoms with E-state index in [4.69, 9.17) is 42.3 Å². The molecule has 3 heterocycles. The van der Waals surface area contributed by atoms with E-state index in [0.717, 1.165) is 23.2 Å². The molecule has 374 valence electrons. The number of carbonyl (C=O) groups excluding carboxylic acids is 4. The fraction of sp³-hybridized carbons (Fsp3) is 0.314. The first-order valence-electron chi connectivity index (χ1n) is 23.0. The summed E-state index contributed by atoms with van der Waals surface area (Å²) in [6, 6.07) is 21.2. The molecule has 17 nitrogen and oxygen atoms in total. The molecule has 0 bridgehead atoms. The van der Waals surface area contributed by atoms with Gasteiger partial charge in [0.25, 0.3) is 5.91 Å². The Labute approximate surface area is 415 Å². The summed E-state index contributed by atoms with van der Waals surface area (Å²) in [5.41, 5.74) is 18.8. The van der Waals surface area contributed by atoms with E-state index in [2.05, 4.69) is 38.2 Å². The minimum absolute atomic E-state index is 0.0871. The third kappa shape index (κ3) is 14.9. The summed E-state index contributed by atoms with van der Waals surface area (Å²) < 4.78 is 46.2. The maximum Gasteiger partial charge on any atom is 0.254 e. The summed E-state index contributed by atoms with van der Waals surface area (Å²) in [7, 11) is 0. The van der Waals surface area contributed by atoms with Gasteiger partial charge in [-0.15, -0.1) is 0 Å². The van der Waals surface area contributed by atoms with Crippen LogP contribution in [0.1, 0.15) is 71.3 Å². The van der Waals surface area contributed by atoms with E-state index < -0.39 is 11.6 Å². The molecule has 2 aliphatic rings. The number of benzene rings is 4. The Hall–Kier alpha value is -7.16. The Morgan fingerprint density at radius 1 is 0.887 bits per heavy atom. The standard InChI is InChI=1S/C36H40ClF2N7O3.C15H17N3O4/c1-2-13-48-21-26(40)22-49-16-15-47-14-12-42-20-32(41)23-6-9-27(10-7-23)45-36-44-19-24-18-43-35(33-30(38)4-3-5-31(33)39)29-17-25(37)8-11-28(29)34(24)46-36;1-10(2-5-14(21)17-9-20)18-7-11-6-12(16-8-19)3-4-13(11)15(18)22/h3-11,17,19-20,26,42H,2,12-16,18,21-22,40-41H2,1H3,(H,44,45,46);3-4,6,8-10H,2,5,7H2,1H3,(H,16,19)(H,17,20,21)/b32-20-;. The van der Waals surface area contributed by atoms with Crippen molar-refractivity contribution in [3.63, 3.8) is 0 Å². The lowest BCUT2D eigenvalue weighted by Gasteiger charge is -2.23. The highest BCUT2D eigenvalue weighted by Gasteiger charge is 2.31. The Morgan fingerprint density at radius 3 is 2.34 bits per heavy atom. The van der Waals surface area contributed by atoms with Crippen molar-refractivity contribution in [2.45, 2.75) is 58.3 Å². The summed E-state index contributed by atoms with van der Waals surface area (Å²) in [4.78, 5) is 59.8.